The Balaban J connectivity index is 1.60. The average molecular weight is 342 g/mol. The lowest BCUT2D eigenvalue weighted by Crippen LogP contribution is -2.15. The van der Waals surface area contributed by atoms with Gasteiger partial charge < -0.3 is 0 Å². The topological polar surface area (TPSA) is 12.4 Å². The lowest BCUT2D eigenvalue weighted by Gasteiger charge is -2.28. The fourth-order valence-electron chi connectivity index (χ4n) is 3.87. The molecule has 1 aliphatic carbocycles. The van der Waals surface area contributed by atoms with Gasteiger partial charge in [-0.25, -0.2) is 0 Å². The van der Waals surface area contributed by atoms with Crippen molar-refractivity contribution in [2.24, 2.45) is 16.8 Å². The first-order chi connectivity index (χ1) is 11.8. The lowest BCUT2D eigenvalue weighted by atomic mass is 9.78. The minimum Gasteiger partial charge on any atom is -0.195 e. The fraction of sp³-hybridized carbons (Fsp3) is 0.591. The van der Waals surface area contributed by atoms with Crippen LogP contribution in [0.15, 0.2) is 41.9 Å². The molecule has 1 aromatic rings. The molecular weight excluding hydrogens is 310 g/mol. The van der Waals surface area contributed by atoms with Crippen LogP contribution >= 0.6 is 12.2 Å². The van der Waals surface area contributed by atoms with E-state index in [1.54, 1.807) is 0 Å². The summed E-state index contributed by atoms with van der Waals surface area (Å²) in [7, 11) is 0. The minimum atomic E-state index is 0.905. The molecule has 0 unspecified atom stereocenters. The molecule has 24 heavy (non-hydrogen) atoms. The number of isothiocyanates is 1. The Morgan fingerprint density at radius 1 is 1.00 bits per heavy atom. The van der Waals surface area contributed by atoms with Crippen molar-refractivity contribution in [3.63, 3.8) is 0 Å². The molecule has 130 valence electrons. The quantitative estimate of drug-likeness (QED) is 0.188. The summed E-state index contributed by atoms with van der Waals surface area (Å²) in [5, 5.41) is 2.42. The summed E-state index contributed by atoms with van der Waals surface area (Å²) in [4.78, 5) is 4.01. The zero-order valence-corrected chi connectivity index (χ0v) is 15.7. The van der Waals surface area contributed by atoms with Crippen LogP contribution in [0.1, 0.15) is 69.8 Å². The fourth-order valence-corrected chi connectivity index (χ4v) is 3.97. The number of hydrogen-bond acceptors (Lipinski definition) is 2. The van der Waals surface area contributed by atoms with Gasteiger partial charge in [0.25, 0.3) is 0 Å². The van der Waals surface area contributed by atoms with Crippen molar-refractivity contribution < 1.29 is 0 Å². The normalized spacial score (nSPS) is 20.3. The largest absolute Gasteiger partial charge is 0.195 e. The third kappa shape index (κ3) is 7.11. The molecule has 2 rings (SSSR count). The predicted octanol–water partition coefficient (Wildman–Crippen LogP) is 7.30. The lowest BCUT2D eigenvalue weighted by molar-refractivity contribution is 0.249. The number of aliphatic imine (C=N–C) groups is 1. The van der Waals surface area contributed by atoms with Gasteiger partial charge in [-0.05, 0) is 67.4 Å². The summed E-state index contributed by atoms with van der Waals surface area (Å²) >= 11 is 4.64. The summed E-state index contributed by atoms with van der Waals surface area (Å²) in [5.41, 5.74) is 2.32. The second kappa shape index (κ2) is 11.3. The summed E-state index contributed by atoms with van der Waals surface area (Å²) in [5.74, 6) is 1.93. The Morgan fingerprint density at radius 2 is 1.67 bits per heavy atom. The molecule has 1 nitrogen and oxygen atoms in total. The molecule has 1 aliphatic rings. The number of nitrogens with zero attached hydrogens (tertiary/aromatic N) is 1. The van der Waals surface area contributed by atoms with Gasteiger partial charge in [-0.15, -0.1) is 6.58 Å². The third-order valence-electron chi connectivity index (χ3n) is 5.44. The van der Waals surface area contributed by atoms with Gasteiger partial charge in [-0.3, -0.25) is 0 Å². The Morgan fingerprint density at radius 3 is 2.29 bits per heavy atom. The van der Waals surface area contributed by atoms with Crippen LogP contribution in [-0.4, -0.2) is 5.16 Å². The molecule has 0 saturated heterocycles. The molecule has 0 aromatic heterocycles. The highest BCUT2D eigenvalue weighted by atomic mass is 32.1. The number of allylic oxidation sites excluding steroid dienone is 1. The van der Waals surface area contributed by atoms with E-state index in [4.69, 9.17) is 0 Å². The number of rotatable bonds is 10. The molecule has 0 amide bonds. The van der Waals surface area contributed by atoms with Crippen LogP contribution in [-0.2, 0) is 6.42 Å². The Bertz CT molecular complexity index is 519. The van der Waals surface area contributed by atoms with Gasteiger partial charge in [0.2, 0.25) is 0 Å². The van der Waals surface area contributed by atoms with E-state index in [9.17, 15) is 0 Å². The molecule has 0 spiro atoms. The zero-order valence-electron chi connectivity index (χ0n) is 14.9. The smallest absolute Gasteiger partial charge is 0.0739 e. The van der Waals surface area contributed by atoms with Crippen LogP contribution < -0.4 is 0 Å². The van der Waals surface area contributed by atoms with E-state index in [0.717, 1.165) is 17.5 Å². The van der Waals surface area contributed by atoms with Crippen LogP contribution in [0, 0.1) is 11.8 Å². The molecule has 0 N–H and O–H groups in total. The maximum atomic E-state index is 4.64. The Hall–Kier alpha value is -1.24. The van der Waals surface area contributed by atoms with Gasteiger partial charge in [0.05, 0.1) is 10.8 Å². The SMILES string of the molecule is C=CCCCCC[C@H]1CC[C@H](CCc2ccc(N=C=S)cc2)CC1. The van der Waals surface area contributed by atoms with Gasteiger partial charge in [-0.2, -0.15) is 4.99 Å². The molecule has 1 fully saturated rings. The van der Waals surface area contributed by atoms with E-state index in [2.05, 4.69) is 41.1 Å². The first-order valence-corrected chi connectivity index (χ1v) is 10.0. The van der Waals surface area contributed by atoms with Crippen LogP contribution in [0.5, 0.6) is 0 Å². The van der Waals surface area contributed by atoms with Crippen LogP contribution in [0.2, 0.25) is 0 Å². The number of thiocarbonyl (C=S) groups is 1. The number of hydrogen-bond donors (Lipinski definition) is 0. The van der Waals surface area contributed by atoms with Crippen molar-refractivity contribution >= 4 is 23.1 Å². The van der Waals surface area contributed by atoms with Crippen LogP contribution in [0.3, 0.4) is 0 Å². The number of aryl methyl sites for hydroxylation is 1. The van der Waals surface area contributed by atoms with Crippen LogP contribution in [0.4, 0.5) is 5.69 Å². The molecule has 0 aliphatic heterocycles. The molecule has 1 aromatic carbocycles. The number of unbranched alkanes of at least 4 members (excludes halogenated alkanes) is 3. The summed E-state index contributed by atoms with van der Waals surface area (Å²) in [6.07, 6.45) is 17.1. The minimum absolute atomic E-state index is 0.905. The van der Waals surface area contributed by atoms with Crippen molar-refractivity contribution in [2.45, 2.75) is 70.6 Å². The summed E-state index contributed by atoms with van der Waals surface area (Å²) < 4.78 is 0. The van der Waals surface area contributed by atoms with Gasteiger partial charge in [0, 0.05) is 0 Å². The molecule has 0 atom stereocenters. The predicted molar refractivity (Wildman–Crippen MR) is 108 cm³/mol. The molecule has 0 radical (unpaired) electrons. The maximum absolute atomic E-state index is 4.64. The third-order valence-corrected chi connectivity index (χ3v) is 5.53. The van der Waals surface area contributed by atoms with Gasteiger partial charge >= 0.3 is 0 Å². The van der Waals surface area contributed by atoms with E-state index in [1.165, 1.54) is 76.2 Å². The highest BCUT2D eigenvalue weighted by molar-refractivity contribution is 7.78. The number of benzene rings is 1. The molecule has 0 bridgehead atoms. The molecular formula is C22H31NS. The van der Waals surface area contributed by atoms with E-state index >= 15 is 0 Å². The first-order valence-electron chi connectivity index (χ1n) is 9.59. The highest BCUT2D eigenvalue weighted by Gasteiger charge is 2.20. The zero-order chi connectivity index (χ0) is 17.0. The van der Waals surface area contributed by atoms with Gasteiger partial charge in [0.1, 0.15) is 0 Å². The standard InChI is InChI=1S/C22H31NS/c1-2-3-4-5-6-7-19-8-10-20(11-9-19)12-13-21-14-16-22(17-15-21)23-18-24/h2,14-17,19-20H,1,3-13H2/t19-,20-. The van der Waals surface area contributed by atoms with E-state index in [0.29, 0.717) is 0 Å². The second-order valence-corrected chi connectivity index (χ2v) is 7.40. The summed E-state index contributed by atoms with van der Waals surface area (Å²) in [6.45, 7) is 3.80. The van der Waals surface area contributed by atoms with E-state index in [1.807, 2.05) is 18.2 Å². The van der Waals surface area contributed by atoms with E-state index < -0.39 is 0 Å². The van der Waals surface area contributed by atoms with Crippen molar-refractivity contribution in [1.29, 1.82) is 0 Å². The van der Waals surface area contributed by atoms with E-state index in [-0.39, 0.29) is 0 Å². The molecule has 0 heterocycles. The molecule has 2 heteroatoms. The van der Waals surface area contributed by atoms with Crippen molar-refractivity contribution in [1.82, 2.24) is 0 Å². The van der Waals surface area contributed by atoms with Gasteiger partial charge in [0.15, 0.2) is 0 Å². The van der Waals surface area contributed by atoms with Crippen molar-refractivity contribution in [3.05, 3.63) is 42.5 Å². The Kier molecular flexibility index (Phi) is 9.02. The van der Waals surface area contributed by atoms with Crippen LogP contribution in [0.25, 0.3) is 0 Å². The van der Waals surface area contributed by atoms with Crippen molar-refractivity contribution in [2.75, 3.05) is 0 Å². The Labute approximate surface area is 153 Å². The average Bonchev–Trinajstić information content (AvgIpc) is 2.62. The maximum Gasteiger partial charge on any atom is 0.0739 e. The summed E-state index contributed by atoms with van der Waals surface area (Å²) in [6, 6.07) is 8.44. The second-order valence-electron chi connectivity index (χ2n) is 7.22. The first kappa shape index (κ1) is 19.1. The highest BCUT2D eigenvalue weighted by Crippen LogP contribution is 2.34. The monoisotopic (exact) mass is 341 g/mol. The van der Waals surface area contributed by atoms with Gasteiger partial charge in [-0.1, -0.05) is 63.2 Å². The van der Waals surface area contributed by atoms with Crippen molar-refractivity contribution in [3.8, 4) is 0 Å². The molecule has 1 saturated carbocycles.